The van der Waals surface area contributed by atoms with Gasteiger partial charge in [0.25, 0.3) is 0 Å². The second kappa shape index (κ2) is 5.98. The summed E-state index contributed by atoms with van der Waals surface area (Å²) in [5.41, 5.74) is 6.18. The van der Waals surface area contributed by atoms with Gasteiger partial charge in [-0.25, -0.2) is 0 Å². The normalized spacial score (nSPS) is 11.6. The number of amidine groups is 1. The van der Waals surface area contributed by atoms with Gasteiger partial charge in [-0.15, -0.1) is 16.4 Å². The van der Waals surface area contributed by atoms with Crippen LogP contribution in [-0.2, 0) is 6.54 Å². The summed E-state index contributed by atoms with van der Waals surface area (Å²) < 4.78 is 1.05. The molecule has 8 heteroatoms. The molecule has 0 aromatic carbocycles. The van der Waals surface area contributed by atoms with Gasteiger partial charge in [0.05, 0.1) is 18.3 Å². The second-order valence-electron chi connectivity index (χ2n) is 3.84. The van der Waals surface area contributed by atoms with Crippen LogP contribution in [0.2, 0.25) is 0 Å². The maximum Gasteiger partial charge on any atom is 0.173 e. The molecule has 2 heterocycles. The molecule has 0 atom stereocenters. The van der Waals surface area contributed by atoms with E-state index in [1.165, 1.54) is 11.1 Å². The third-order valence-corrected chi connectivity index (χ3v) is 4.14. The van der Waals surface area contributed by atoms with Crippen LogP contribution in [0, 0.1) is 0 Å². The minimum absolute atomic E-state index is 0.0177. The van der Waals surface area contributed by atoms with Crippen molar-refractivity contribution >= 4 is 38.9 Å². The summed E-state index contributed by atoms with van der Waals surface area (Å²) in [4.78, 5) is 3.07. The average molecular weight is 342 g/mol. The Labute approximate surface area is 122 Å². The van der Waals surface area contributed by atoms with Gasteiger partial charge in [-0.1, -0.05) is 5.16 Å². The molecule has 0 saturated carbocycles. The van der Waals surface area contributed by atoms with Gasteiger partial charge < -0.3 is 15.8 Å². The summed E-state index contributed by atoms with van der Waals surface area (Å²) in [5, 5.41) is 21.7. The van der Waals surface area contributed by atoms with Crippen LogP contribution >= 0.6 is 27.3 Å². The predicted octanol–water partition coefficient (Wildman–Crippen LogP) is 2.03. The van der Waals surface area contributed by atoms with Crippen LogP contribution in [0.25, 0.3) is 0 Å². The lowest BCUT2D eigenvalue weighted by atomic mass is 10.2. The number of hydrogen-bond donors (Lipinski definition) is 2. The van der Waals surface area contributed by atoms with E-state index in [0.29, 0.717) is 17.9 Å². The van der Waals surface area contributed by atoms with E-state index >= 15 is 0 Å². The fraction of sp³-hybridized carbons (Fsp3) is 0.182. The number of halogens is 1. The quantitative estimate of drug-likeness (QED) is 0.384. The van der Waals surface area contributed by atoms with Crippen LogP contribution in [0.1, 0.15) is 10.4 Å². The molecule has 0 fully saturated rings. The van der Waals surface area contributed by atoms with Gasteiger partial charge in [0.1, 0.15) is 0 Å². The summed E-state index contributed by atoms with van der Waals surface area (Å²) in [6.07, 6.45) is 1.51. The lowest BCUT2D eigenvalue weighted by molar-refractivity contribution is 0.318. The Morgan fingerprint density at radius 1 is 1.63 bits per heavy atom. The zero-order chi connectivity index (χ0) is 13.8. The second-order valence-corrected chi connectivity index (χ2v) is 5.75. The van der Waals surface area contributed by atoms with Gasteiger partial charge in [0.2, 0.25) is 0 Å². The van der Waals surface area contributed by atoms with E-state index in [4.69, 9.17) is 10.9 Å². The van der Waals surface area contributed by atoms with Gasteiger partial charge in [0.15, 0.2) is 11.7 Å². The fourth-order valence-corrected chi connectivity index (χ4v) is 3.11. The molecule has 0 saturated heterocycles. The molecule has 100 valence electrons. The third-order valence-electron chi connectivity index (χ3n) is 2.46. The Morgan fingerprint density at radius 2 is 2.42 bits per heavy atom. The van der Waals surface area contributed by atoms with Crippen molar-refractivity contribution in [2.24, 2.45) is 10.9 Å². The van der Waals surface area contributed by atoms with Crippen molar-refractivity contribution in [2.45, 2.75) is 6.54 Å². The maximum atomic E-state index is 8.78. The highest BCUT2D eigenvalue weighted by Crippen LogP contribution is 2.23. The van der Waals surface area contributed by atoms with Crippen LogP contribution in [0.4, 0.5) is 5.82 Å². The molecule has 19 heavy (non-hydrogen) atoms. The number of anilines is 1. The average Bonchev–Trinajstić information content (AvgIpc) is 2.83. The third kappa shape index (κ3) is 3.21. The first kappa shape index (κ1) is 13.8. The highest BCUT2D eigenvalue weighted by molar-refractivity contribution is 9.10. The standard InChI is InChI=1S/C11H12BrN5OS/c1-17(5-8-4-7(12)6-19-8)11-9(10(13)16-18)2-3-14-15-11/h2-4,6,18H,5H2,1H3,(H2,13,16). The lowest BCUT2D eigenvalue weighted by Gasteiger charge is -2.18. The van der Waals surface area contributed by atoms with E-state index in [2.05, 4.69) is 31.3 Å². The smallest absolute Gasteiger partial charge is 0.173 e. The fourth-order valence-electron chi connectivity index (χ4n) is 1.61. The van der Waals surface area contributed by atoms with Crippen LogP contribution in [-0.4, -0.2) is 28.3 Å². The van der Waals surface area contributed by atoms with Crippen molar-refractivity contribution in [3.63, 3.8) is 0 Å². The molecule has 0 spiro atoms. The van der Waals surface area contributed by atoms with Crippen LogP contribution in [0.5, 0.6) is 0 Å². The zero-order valence-corrected chi connectivity index (χ0v) is 12.5. The maximum absolute atomic E-state index is 8.78. The van der Waals surface area contributed by atoms with Crippen LogP contribution in [0.15, 0.2) is 33.3 Å². The molecule has 0 bridgehead atoms. The van der Waals surface area contributed by atoms with Gasteiger partial charge in [0, 0.05) is 21.8 Å². The molecule has 0 aliphatic carbocycles. The topological polar surface area (TPSA) is 87.6 Å². The molecule has 2 aromatic rings. The number of aromatic nitrogens is 2. The number of rotatable bonds is 4. The van der Waals surface area contributed by atoms with Gasteiger partial charge in [-0.05, 0) is 28.1 Å². The van der Waals surface area contributed by atoms with Crippen molar-refractivity contribution in [3.8, 4) is 0 Å². The van der Waals surface area contributed by atoms with Crippen molar-refractivity contribution < 1.29 is 5.21 Å². The first-order chi connectivity index (χ1) is 9.11. The van der Waals surface area contributed by atoms with Crippen molar-refractivity contribution in [2.75, 3.05) is 11.9 Å². The van der Waals surface area contributed by atoms with Crippen molar-refractivity contribution in [1.29, 1.82) is 0 Å². The van der Waals surface area contributed by atoms with E-state index in [-0.39, 0.29) is 5.84 Å². The summed E-state index contributed by atoms with van der Waals surface area (Å²) >= 11 is 5.06. The van der Waals surface area contributed by atoms with Crippen molar-refractivity contribution in [3.05, 3.63) is 38.6 Å². The van der Waals surface area contributed by atoms with Gasteiger partial charge in [-0.2, -0.15) is 5.10 Å². The number of nitrogens with zero attached hydrogens (tertiary/aromatic N) is 4. The SMILES string of the molecule is CN(Cc1cc(Br)cs1)c1nnccc1/C(N)=N/O. The van der Waals surface area contributed by atoms with E-state index in [1.54, 1.807) is 17.4 Å². The monoisotopic (exact) mass is 341 g/mol. The van der Waals surface area contributed by atoms with Crippen LogP contribution in [0.3, 0.4) is 0 Å². The Morgan fingerprint density at radius 3 is 3.05 bits per heavy atom. The summed E-state index contributed by atoms with van der Waals surface area (Å²) in [6, 6.07) is 3.71. The molecule has 0 radical (unpaired) electrons. The zero-order valence-electron chi connectivity index (χ0n) is 10.1. The Balaban J connectivity index is 2.26. The predicted molar refractivity (Wildman–Crippen MR) is 78.7 cm³/mol. The molecular formula is C11H12BrN5OS. The summed E-state index contributed by atoms with van der Waals surface area (Å²) in [7, 11) is 1.88. The van der Waals surface area contributed by atoms with Crippen molar-refractivity contribution in [1.82, 2.24) is 10.2 Å². The van der Waals surface area contributed by atoms with E-state index in [1.807, 2.05) is 23.4 Å². The Kier molecular flexibility index (Phi) is 4.33. The molecular weight excluding hydrogens is 330 g/mol. The lowest BCUT2D eigenvalue weighted by Crippen LogP contribution is -2.23. The summed E-state index contributed by atoms with van der Waals surface area (Å²) in [6.45, 7) is 0.667. The molecule has 0 aliphatic rings. The minimum atomic E-state index is 0.0177. The minimum Gasteiger partial charge on any atom is -0.409 e. The summed E-state index contributed by atoms with van der Waals surface area (Å²) in [5.74, 6) is 0.589. The molecule has 2 aromatic heterocycles. The number of hydrogen-bond acceptors (Lipinski definition) is 6. The van der Waals surface area contributed by atoms with Crippen LogP contribution < -0.4 is 10.6 Å². The molecule has 2 rings (SSSR count). The first-order valence-corrected chi connectivity index (χ1v) is 7.02. The molecule has 0 amide bonds. The first-order valence-electron chi connectivity index (χ1n) is 5.35. The molecule has 3 N–H and O–H groups in total. The highest BCUT2D eigenvalue weighted by atomic mass is 79.9. The number of thiophene rings is 1. The van der Waals surface area contributed by atoms with E-state index in [9.17, 15) is 0 Å². The van der Waals surface area contributed by atoms with Gasteiger partial charge >= 0.3 is 0 Å². The Hall–Kier alpha value is -1.67. The molecule has 0 aliphatic heterocycles. The highest BCUT2D eigenvalue weighted by Gasteiger charge is 2.14. The van der Waals surface area contributed by atoms with E-state index < -0.39 is 0 Å². The largest absolute Gasteiger partial charge is 0.409 e. The molecule has 0 unspecified atom stereocenters. The molecule has 6 nitrogen and oxygen atoms in total. The number of oxime groups is 1. The number of nitrogens with two attached hydrogens (primary N) is 1. The van der Waals surface area contributed by atoms with Gasteiger partial charge in [-0.3, -0.25) is 0 Å². The van der Waals surface area contributed by atoms with E-state index in [0.717, 1.165) is 4.47 Å². The Bertz CT molecular complexity index is 600.